The fourth-order valence-corrected chi connectivity index (χ4v) is 4.26. The van der Waals surface area contributed by atoms with E-state index >= 15 is 0 Å². The van der Waals surface area contributed by atoms with E-state index in [2.05, 4.69) is 16.4 Å². The minimum atomic E-state index is 0. The molecule has 0 fully saturated rings. The molecule has 0 aromatic carbocycles. The standard InChI is InChI=1S/C21H41N2.H2O/c1-2-3-4-5-6-7-8-9-10-13-17-22-19-15-20-23-18-14-11-12-16-21(22)23;/h2-20H2,1H3;1H2/q+1;/p-1. The summed E-state index contributed by atoms with van der Waals surface area (Å²) in [7, 11) is 0. The maximum absolute atomic E-state index is 2.74. The predicted octanol–water partition coefficient (Wildman–Crippen LogP) is 5.42. The molecular weight excluding hydrogens is 296 g/mol. The van der Waals surface area contributed by atoms with Gasteiger partial charge in [0.25, 0.3) is 0 Å². The van der Waals surface area contributed by atoms with Crippen LogP contribution >= 0.6 is 0 Å². The van der Waals surface area contributed by atoms with Gasteiger partial charge in [0.15, 0.2) is 0 Å². The molecule has 2 heterocycles. The first-order chi connectivity index (χ1) is 11.4. The fourth-order valence-electron chi connectivity index (χ4n) is 4.26. The van der Waals surface area contributed by atoms with Crippen LogP contribution in [0.1, 0.15) is 103 Å². The van der Waals surface area contributed by atoms with Gasteiger partial charge in [0.1, 0.15) is 0 Å². The Morgan fingerprint density at radius 3 is 2.08 bits per heavy atom. The van der Waals surface area contributed by atoms with E-state index in [-0.39, 0.29) is 5.48 Å². The molecule has 2 aliphatic heterocycles. The summed E-state index contributed by atoms with van der Waals surface area (Å²) in [5.41, 5.74) is 0. The molecule has 3 heteroatoms. The highest BCUT2D eigenvalue weighted by molar-refractivity contribution is 5.77. The van der Waals surface area contributed by atoms with Crippen molar-refractivity contribution in [2.24, 2.45) is 0 Å². The van der Waals surface area contributed by atoms with E-state index < -0.39 is 0 Å². The van der Waals surface area contributed by atoms with Crippen molar-refractivity contribution in [2.45, 2.75) is 103 Å². The van der Waals surface area contributed by atoms with Gasteiger partial charge in [-0.3, -0.25) is 9.48 Å². The Bertz CT molecular complexity index is 341. The molecule has 0 aliphatic carbocycles. The number of amidine groups is 1. The third kappa shape index (κ3) is 8.00. The van der Waals surface area contributed by atoms with E-state index in [1.807, 2.05) is 0 Å². The molecule has 0 spiro atoms. The Morgan fingerprint density at radius 1 is 0.750 bits per heavy atom. The summed E-state index contributed by atoms with van der Waals surface area (Å²) in [5, 5.41) is 0. The largest absolute Gasteiger partial charge is 0.870 e. The van der Waals surface area contributed by atoms with Gasteiger partial charge in [-0.15, -0.1) is 0 Å². The molecule has 0 atom stereocenters. The summed E-state index contributed by atoms with van der Waals surface area (Å²) in [5.74, 6) is 1.70. The van der Waals surface area contributed by atoms with Crippen LogP contribution in [0.3, 0.4) is 0 Å². The molecule has 0 bridgehead atoms. The maximum atomic E-state index is 2.74. The number of hydrogen-bond donors (Lipinski definition) is 0. The summed E-state index contributed by atoms with van der Waals surface area (Å²) >= 11 is 0. The van der Waals surface area contributed by atoms with Gasteiger partial charge >= 0.3 is 0 Å². The van der Waals surface area contributed by atoms with Crippen molar-refractivity contribution in [2.75, 3.05) is 26.2 Å². The second-order valence-corrected chi connectivity index (χ2v) is 7.74. The quantitative estimate of drug-likeness (QED) is 0.372. The smallest absolute Gasteiger partial charge is 0.246 e. The van der Waals surface area contributed by atoms with E-state index in [0.29, 0.717) is 0 Å². The Hall–Kier alpha value is -0.570. The van der Waals surface area contributed by atoms with Crippen molar-refractivity contribution in [3.63, 3.8) is 0 Å². The topological polar surface area (TPSA) is 36.2 Å². The molecule has 0 radical (unpaired) electrons. The lowest BCUT2D eigenvalue weighted by atomic mass is 10.1. The van der Waals surface area contributed by atoms with Gasteiger partial charge in [0.05, 0.1) is 26.2 Å². The number of unbranched alkanes of at least 4 members (excludes halogenated alkanes) is 9. The first-order valence-electron chi connectivity index (χ1n) is 10.8. The Kier molecular flexibility index (Phi) is 12.2. The van der Waals surface area contributed by atoms with Crippen LogP contribution in [-0.2, 0) is 0 Å². The molecule has 1 N–H and O–H groups in total. The maximum Gasteiger partial charge on any atom is 0.246 e. The predicted molar refractivity (Wildman–Crippen MR) is 103 cm³/mol. The van der Waals surface area contributed by atoms with E-state index in [1.54, 1.807) is 5.84 Å². The van der Waals surface area contributed by atoms with E-state index in [4.69, 9.17) is 0 Å². The highest BCUT2D eigenvalue weighted by atomic mass is 16.0. The first-order valence-corrected chi connectivity index (χ1v) is 10.8. The van der Waals surface area contributed by atoms with E-state index in [9.17, 15) is 0 Å². The molecule has 0 saturated heterocycles. The van der Waals surface area contributed by atoms with Crippen molar-refractivity contribution in [1.29, 1.82) is 0 Å². The highest BCUT2D eigenvalue weighted by Crippen LogP contribution is 2.16. The zero-order valence-corrected chi connectivity index (χ0v) is 16.3. The third-order valence-electron chi connectivity index (χ3n) is 5.70. The molecule has 0 saturated carbocycles. The lowest BCUT2D eigenvalue weighted by molar-refractivity contribution is -0.539. The number of hydrogen-bond acceptors (Lipinski definition) is 2. The van der Waals surface area contributed by atoms with Gasteiger partial charge in [-0.05, 0) is 32.1 Å². The monoisotopic (exact) mass is 338 g/mol. The highest BCUT2D eigenvalue weighted by Gasteiger charge is 2.27. The van der Waals surface area contributed by atoms with Gasteiger partial charge < -0.3 is 5.48 Å². The lowest BCUT2D eigenvalue weighted by Crippen LogP contribution is -2.44. The number of rotatable bonds is 11. The second-order valence-electron chi connectivity index (χ2n) is 7.74. The van der Waals surface area contributed by atoms with E-state index in [1.165, 1.54) is 122 Å². The summed E-state index contributed by atoms with van der Waals surface area (Å²) in [6, 6.07) is 0. The van der Waals surface area contributed by atoms with Crippen LogP contribution in [0.25, 0.3) is 0 Å². The van der Waals surface area contributed by atoms with Crippen molar-refractivity contribution in [1.82, 2.24) is 4.90 Å². The Labute approximate surface area is 150 Å². The van der Waals surface area contributed by atoms with Gasteiger partial charge in [-0.25, -0.2) is 0 Å². The van der Waals surface area contributed by atoms with E-state index in [0.717, 1.165) is 0 Å². The summed E-state index contributed by atoms with van der Waals surface area (Å²) in [4.78, 5) is 2.74. The van der Waals surface area contributed by atoms with Crippen molar-refractivity contribution >= 4 is 5.84 Å². The Morgan fingerprint density at radius 2 is 1.38 bits per heavy atom. The average molecular weight is 339 g/mol. The first kappa shape index (κ1) is 21.5. The zero-order valence-electron chi connectivity index (χ0n) is 16.3. The van der Waals surface area contributed by atoms with Crippen LogP contribution in [0.2, 0.25) is 0 Å². The minimum absolute atomic E-state index is 0. The molecule has 0 aromatic heterocycles. The molecule has 3 nitrogen and oxygen atoms in total. The fraction of sp³-hybridized carbons (Fsp3) is 0.952. The molecule has 24 heavy (non-hydrogen) atoms. The average Bonchev–Trinajstić information content (AvgIpc) is 2.82. The number of nitrogens with zero attached hydrogens (tertiary/aromatic N) is 2. The minimum Gasteiger partial charge on any atom is -0.870 e. The Balaban J connectivity index is 0.00000288. The molecule has 0 unspecified atom stereocenters. The molecular formula is C21H42N2O. The van der Waals surface area contributed by atoms with Gasteiger partial charge in [-0.1, -0.05) is 58.3 Å². The molecule has 142 valence electrons. The summed E-state index contributed by atoms with van der Waals surface area (Å²) in [6.07, 6.45) is 21.4. The molecule has 2 aliphatic rings. The van der Waals surface area contributed by atoms with Crippen LogP contribution in [0.15, 0.2) is 0 Å². The van der Waals surface area contributed by atoms with Gasteiger partial charge in [0.2, 0.25) is 5.84 Å². The van der Waals surface area contributed by atoms with Crippen LogP contribution in [-0.4, -0.2) is 47.0 Å². The van der Waals surface area contributed by atoms with Crippen LogP contribution < -0.4 is 0 Å². The summed E-state index contributed by atoms with van der Waals surface area (Å²) < 4.78 is 2.70. The summed E-state index contributed by atoms with van der Waals surface area (Å²) in [6.45, 7) is 7.59. The molecule has 0 aromatic rings. The van der Waals surface area contributed by atoms with Crippen molar-refractivity contribution in [3.8, 4) is 0 Å². The van der Waals surface area contributed by atoms with Crippen LogP contribution in [0, 0.1) is 0 Å². The van der Waals surface area contributed by atoms with Gasteiger partial charge in [-0.2, -0.15) is 0 Å². The normalized spacial score (nSPS) is 18.1. The van der Waals surface area contributed by atoms with Crippen molar-refractivity contribution < 1.29 is 10.1 Å². The SMILES string of the molecule is CCCCCCCCCCCCN1CCC[N+]2=C1CCCCC2.[OH-]. The molecule has 2 rings (SSSR count). The molecule has 0 amide bonds. The third-order valence-corrected chi connectivity index (χ3v) is 5.70. The van der Waals surface area contributed by atoms with Crippen LogP contribution in [0.4, 0.5) is 0 Å². The van der Waals surface area contributed by atoms with Gasteiger partial charge in [0, 0.05) is 12.8 Å². The second kappa shape index (κ2) is 13.7. The zero-order chi connectivity index (χ0) is 16.2. The van der Waals surface area contributed by atoms with Crippen LogP contribution in [0.5, 0.6) is 0 Å². The lowest BCUT2D eigenvalue weighted by Gasteiger charge is -2.26. The van der Waals surface area contributed by atoms with Crippen molar-refractivity contribution in [3.05, 3.63) is 0 Å².